The summed E-state index contributed by atoms with van der Waals surface area (Å²) in [5.41, 5.74) is 2.24. The summed E-state index contributed by atoms with van der Waals surface area (Å²) in [6.45, 7) is 2.28. The summed E-state index contributed by atoms with van der Waals surface area (Å²) in [5, 5.41) is 8.90. The highest BCUT2D eigenvalue weighted by Crippen LogP contribution is 2.13. The number of carboxylic acid groups (broad SMARTS) is 1. The molecule has 1 amide bonds. The highest BCUT2D eigenvalue weighted by molar-refractivity contribution is 7.88. The molecule has 1 aliphatic heterocycles. The van der Waals surface area contributed by atoms with Gasteiger partial charge in [0.2, 0.25) is 15.9 Å². The molecule has 1 N–H and O–H groups in total. The highest BCUT2D eigenvalue weighted by Gasteiger charge is 2.29. The van der Waals surface area contributed by atoms with Crippen LogP contribution in [0.3, 0.4) is 0 Å². The van der Waals surface area contributed by atoms with E-state index in [1.807, 2.05) is 31.2 Å². The van der Waals surface area contributed by atoms with Crippen molar-refractivity contribution in [2.45, 2.75) is 25.9 Å². The zero-order valence-electron chi connectivity index (χ0n) is 15.6. The molecular weight excluding hydrogens is 372 g/mol. The smallest absolute Gasteiger partial charge is 0.318 e. The van der Waals surface area contributed by atoms with E-state index in [9.17, 15) is 18.0 Å². The molecule has 0 radical (unpaired) electrons. The summed E-state index contributed by atoms with van der Waals surface area (Å²) in [6, 6.07) is 7.99. The average Bonchev–Trinajstić information content (AvgIpc) is 2.58. The molecule has 0 saturated carbocycles. The molecule has 0 spiro atoms. The Labute approximate surface area is 159 Å². The monoisotopic (exact) mass is 398 g/mol. The Kier molecular flexibility index (Phi) is 7.34. The van der Waals surface area contributed by atoms with Gasteiger partial charge in [0, 0.05) is 26.1 Å². The summed E-state index contributed by atoms with van der Waals surface area (Å²) < 4.78 is 30.0. The van der Waals surface area contributed by atoms with E-state index in [0.29, 0.717) is 26.0 Å². The Balaban J connectivity index is 1.92. The van der Waals surface area contributed by atoms with Gasteiger partial charge in [-0.15, -0.1) is 0 Å². The molecule has 0 bridgehead atoms. The third-order valence-electron chi connectivity index (χ3n) is 4.39. The number of nitrogens with zero attached hydrogens (tertiary/aromatic N) is 2. The van der Waals surface area contributed by atoms with Gasteiger partial charge in [-0.3, -0.25) is 9.59 Å². The van der Waals surface area contributed by atoms with Gasteiger partial charge in [0.1, 0.15) is 6.54 Å². The molecule has 1 fully saturated rings. The number of carboxylic acids is 1. The van der Waals surface area contributed by atoms with Crippen molar-refractivity contribution >= 4 is 21.9 Å². The van der Waals surface area contributed by atoms with E-state index >= 15 is 0 Å². The quantitative estimate of drug-likeness (QED) is 0.684. The Morgan fingerprint density at radius 3 is 2.74 bits per heavy atom. The second-order valence-electron chi connectivity index (χ2n) is 6.77. The second-order valence-corrected chi connectivity index (χ2v) is 8.75. The molecule has 1 aromatic rings. The molecule has 1 saturated heterocycles. The first-order valence-corrected chi connectivity index (χ1v) is 10.6. The molecule has 1 unspecified atom stereocenters. The van der Waals surface area contributed by atoms with Crippen molar-refractivity contribution in [3.05, 3.63) is 35.4 Å². The maximum Gasteiger partial charge on any atom is 0.318 e. The lowest BCUT2D eigenvalue weighted by Gasteiger charge is -2.35. The van der Waals surface area contributed by atoms with Crippen LogP contribution in [0.1, 0.15) is 17.5 Å². The van der Waals surface area contributed by atoms with Gasteiger partial charge >= 0.3 is 5.97 Å². The van der Waals surface area contributed by atoms with Gasteiger partial charge in [-0.2, -0.15) is 4.31 Å². The zero-order valence-corrected chi connectivity index (χ0v) is 16.4. The molecule has 1 aliphatic rings. The van der Waals surface area contributed by atoms with Crippen molar-refractivity contribution in [2.24, 2.45) is 0 Å². The van der Waals surface area contributed by atoms with E-state index in [1.165, 1.54) is 0 Å². The number of hydrogen-bond donors (Lipinski definition) is 1. The normalized spacial score (nSPS) is 17.9. The van der Waals surface area contributed by atoms with E-state index in [4.69, 9.17) is 9.84 Å². The van der Waals surface area contributed by atoms with Crippen LogP contribution in [0.15, 0.2) is 24.3 Å². The first kappa shape index (κ1) is 21.3. The number of amides is 1. The van der Waals surface area contributed by atoms with Crippen molar-refractivity contribution in [1.82, 2.24) is 9.21 Å². The molecule has 9 heteroatoms. The van der Waals surface area contributed by atoms with Crippen LogP contribution >= 0.6 is 0 Å². The second kappa shape index (κ2) is 9.29. The van der Waals surface area contributed by atoms with Gasteiger partial charge in [0.25, 0.3) is 0 Å². The number of sulfonamides is 1. The highest BCUT2D eigenvalue weighted by atomic mass is 32.2. The summed E-state index contributed by atoms with van der Waals surface area (Å²) >= 11 is 0. The van der Waals surface area contributed by atoms with Crippen LogP contribution in [0.2, 0.25) is 0 Å². The van der Waals surface area contributed by atoms with Gasteiger partial charge < -0.3 is 14.7 Å². The molecule has 0 aliphatic carbocycles. The molecule has 1 heterocycles. The number of carbonyl (C=O) groups is 2. The van der Waals surface area contributed by atoms with Crippen LogP contribution < -0.4 is 0 Å². The Morgan fingerprint density at radius 2 is 2.11 bits per heavy atom. The van der Waals surface area contributed by atoms with E-state index in [0.717, 1.165) is 21.7 Å². The van der Waals surface area contributed by atoms with Gasteiger partial charge in [0.05, 0.1) is 19.0 Å². The summed E-state index contributed by atoms with van der Waals surface area (Å²) in [5.74, 6) is -1.25. The largest absolute Gasteiger partial charge is 0.480 e. The minimum Gasteiger partial charge on any atom is -0.480 e. The lowest BCUT2D eigenvalue weighted by molar-refractivity contribution is -0.141. The number of benzene rings is 1. The van der Waals surface area contributed by atoms with E-state index in [-0.39, 0.29) is 19.0 Å². The molecule has 1 aromatic carbocycles. The maximum absolute atomic E-state index is 12.5. The number of rotatable bonds is 8. The predicted molar refractivity (Wildman–Crippen MR) is 99.9 cm³/mol. The van der Waals surface area contributed by atoms with Crippen LogP contribution in [0, 0.1) is 6.92 Å². The predicted octanol–water partition coefficient (Wildman–Crippen LogP) is 0.501. The Morgan fingerprint density at radius 1 is 1.37 bits per heavy atom. The molecule has 0 aromatic heterocycles. The molecule has 1 atom stereocenters. The van der Waals surface area contributed by atoms with Crippen molar-refractivity contribution in [3.63, 3.8) is 0 Å². The van der Waals surface area contributed by atoms with Crippen molar-refractivity contribution in [3.8, 4) is 0 Å². The topological polar surface area (TPSA) is 104 Å². The molecule has 8 nitrogen and oxygen atoms in total. The van der Waals surface area contributed by atoms with Gasteiger partial charge in [-0.25, -0.2) is 8.42 Å². The molecule has 150 valence electrons. The lowest BCUT2D eigenvalue weighted by Crippen LogP contribution is -2.51. The van der Waals surface area contributed by atoms with Gasteiger partial charge in [-0.1, -0.05) is 29.8 Å². The maximum atomic E-state index is 12.5. The van der Waals surface area contributed by atoms with Crippen LogP contribution in [-0.4, -0.2) is 79.8 Å². The SMILES string of the molecule is Cc1cccc(CCC(=O)N2CCOC(CN(CC(=O)O)S(C)(=O)=O)C2)c1. The minimum atomic E-state index is -3.68. The Bertz CT molecular complexity index is 780. The molecular formula is C18H26N2O6S. The third kappa shape index (κ3) is 6.93. The molecule has 27 heavy (non-hydrogen) atoms. The fourth-order valence-corrected chi connectivity index (χ4v) is 3.81. The molecule has 2 rings (SSSR count). The van der Waals surface area contributed by atoms with Crippen LogP contribution in [0.25, 0.3) is 0 Å². The Hall–Kier alpha value is -1.97. The number of morpholine rings is 1. The third-order valence-corrected chi connectivity index (χ3v) is 5.61. The van der Waals surface area contributed by atoms with E-state index in [1.54, 1.807) is 4.90 Å². The fourth-order valence-electron chi connectivity index (χ4n) is 3.03. The van der Waals surface area contributed by atoms with E-state index < -0.39 is 28.6 Å². The minimum absolute atomic E-state index is 0.0195. The summed E-state index contributed by atoms with van der Waals surface area (Å²) in [7, 11) is -3.68. The van der Waals surface area contributed by atoms with E-state index in [2.05, 4.69) is 0 Å². The number of aryl methyl sites for hydroxylation is 2. The lowest BCUT2D eigenvalue weighted by atomic mass is 10.1. The standard InChI is InChI=1S/C18H26N2O6S/c1-14-4-3-5-15(10-14)6-7-17(21)19-8-9-26-16(11-19)12-20(13-18(22)23)27(2,24)25/h3-5,10,16H,6-9,11-13H2,1-2H3,(H,22,23). The summed E-state index contributed by atoms with van der Waals surface area (Å²) in [6.07, 6.45) is 1.41. The first-order valence-electron chi connectivity index (χ1n) is 8.77. The van der Waals surface area contributed by atoms with Gasteiger partial charge in [-0.05, 0) is 18.9 Å². The van der Waals surface area contributed by atoms with Crippen LogP contribution in [0.5, 0.6) is 0 Å². The van der Waals surface area contributed by atoms with Gasteiger partial charge in [0.15, 0.2) is 0 Å². The average molecular weight is 398 g/mol. The number of ether oxygens (including phenoxy) is 1. The van der Waals surface area contributed by atoms with Crippen LogP contribution in [-0.2, 0) is 30.8 Å². The number of aliphatic carboxylic acids is 1. The fraction of sp³-hybridized carbons (Fsp3) is 0.556. The number of hydrogen-bond acceptors (Lipinski definition) is 5. The van der Waals surface area contributed by atoms with Crippen molar-refractivity contribution in [1.29, 1.82) is 0 Å². The summed E-state index contributed by atoms with van der Waals surface area (Å²) in [4.78, 5) is 25.1. The van der Waals surface area contributed by atoms with Crippen molar-refractivity contribution < 1.29 is 27.9 Å². The first-order chi connectivity index (χ1) is 12.6. The zero-order chi connectivity index (χ0) is 20.0. The van der Waals surface area contributed by atoms with Crippen LogP contribution in [0.4, 0.5) is 0 Å². The van der Waals surface area contributed by atoms with Crippen molar-refractivity contribution in [2.75, 3.05) is 39.0 Å². The number of carbonyl (C=O) groups excluding carboxylic acids is 1.